The molecule has 0 aliphatic rings. The molecular weight excluding hydrogens is 855 g/mol. The zero-order chi connectivity index (χ0) is 36.1. The van der Waals surface area contributed by atoms with Crippen molar-refractivity contribution in [1.29, 1.82) is 0 Å². The number of thioether (sulfide) groups is 1. The molecule has 3 aromatic carbocycles. The number of halogens is 4. The van der Waals surface area contributed by atoms with E-state index in [-0.39, 0.29) is 34.9 Å². The van der Waals surface area contributed by atoms with Gasteiger partial charge >= 0.3 is 5.97 Å². The van der Waals surface area contributed by atoms with E-state index in [1.54, 1.807) is 30.1 Å². The van der Waals surface area contributed by atoms with Crippen molar-refractivity contribution < 1.29 is 23.0 Å². The lowest BCUT2D eigenvalue weighted by atomic mass is 9.81. The predicted molar refractivity (Wildman–Crippen MR) is 214 cm³/mol. The lowest BCUT2D eigenvalue weighted by Gasteiger charge is -2.34. The Hall–Kier alpha value is -2.81. The molecule has 0 saturated carbocycles. The van der Waals surface area contributed by atoms with E-state index < -0.39 is 17.2 Å². The van der Waals surface area contributed by atoms with Crippen LogP contribution in [0.25, 0.3) is 22.2 Å². The van der Waals surface area contributed by atoms with Crippen LogP contribution in [0.2, 0.25) is 0 Å². The Kier molecular flexibility index (Phi) is 12.8. The van der Waals surface area contributed by atoms with Crippen LogP contribution in [0.1, 0.15) is 57.6 Å². The molecule has 0 amide bonds. The quantitative estimate of drug-likeness (QED) is 0.0726. The van der Waals surface area contributed by atoms with Crippen LogP contribution in [0, 0.1) is 17.0 Å². The summed E-state index contributed by atoms with van der Waals surface area (Å²) in [6, 6.07) is 17.7. The fourth-order valence-electron chi connectivity index (χ4n) is 6.15. The number of esters is 1. The molecule has 5 aromatic rings. The van der Waals surface area contributed by atoms with Crippen LogP contribution in [-0.2, 0) is 21.5 Å². The number of ether oxygens (including phenoxy) is 2. The summed E-state index contributed by atoms with van der Waals surface area (Å²) in [5, 5.41) is 7.47. The maximum atomic E-state index is 15.8. The van der Waals surface area contributed by atoms with Crippen molar-refractivity contribution in [2.24, 2.45) is 5.41 Å². The Balaban J connectivity index is 1.53. The molecule has 0 radical (unpaired) electrons. The maximum absolute atomic E-state index is 15.8. The molecule has 0 aliphatic heterocycles. The van der Waals surface area contributed by atoms with Gasteiger partial charge in [0.1, 0.15) is 11.6 Å². The van der Waals surface area contributed by atoms with Gasteiger partial charge < -0.3 is 9.47 Å². The standard InChI is InChI=1S/C38H39BrF2IN3O3S2/c1-6-49-24-37(2,3)17-8-18-38(4,26-10-7-9-25(21-26)11-14-34(46)47-5)45-32(15-19-43-45)29-22-27(12-13-30(29)40)48-36-31(41)23-33-28(35(36)39)16-20-44(33)50-42/h6-7,9-10,12-13,15-16,19-23H,1,8,11,14,17-18,24H2,2-5H3. The average Bonchev–Trinajstić information content (AvgIpc) is 3.77. The molecule has 0 spiro atoms. The number of carbonyl (C=O) groups is 1. The predicted octanol–water partition coefficient (Wildman–Crippen LogP) is 12.1. The van der Waals surface area contributed by atoms with E-state index in [0.29, 0.717) is 22.1 Å². The summed E-state index contributed by atoms with van der Waals surface area (Å²) in [7, 11) is 2.82. The van der Waals surface area contributed by atoms with Crippen molar-refractivity contribution in [3.05, 3.63) is 112 Å². The number of aromatic nitrogens is 3. The summed E-state index contributed by atoms with van der Waals surface area (Å²) in [6.07, 6.45) is 6.89. The molecule has 1 unspecified atom stereocenters. The summed E-state index contributed by atoms with van der Waals surface area (Å²) in [5.41, 5.74) is 2.93. The number of methoxy groups -OCH3 is 1. The molecule has 50 heavy (non-hydrogen) atoms. The molecule has 264 valence electrons. The highest BCUT2D eigenvalue weighted by Gasteiger charge is 2.33. The largest absolute Gasteiger partial charge is 0.469 e. The van der Waals surface area contributed by atoms with E-state index in [4.69, 9.17) is 14.6 Å². The van der Waals surface area contributed by atoms with Gasteiger partial charge in [0, 0.05) is 71.9 Å². The second-order valence-corrected chi connectivity index (χ2v) is 16.5. The van der Waals surface area contributed by atoms with Crippen molar-refractivity contribution in [2.75, 3.05) is 12.9 Å². The minimum atomic E-state index is -0.685. The van der Waals surface area contributed by atoms with Crippen molar-refractivity contribution in [3.8, 4) is 22.8 Å². The number of hydrogen-bond acceptors (Lipinski definition) is 6. The first-order valence-corrected chi connectivity index (χ1v) is 21.3. The molecule has 0 N–H and O–H groups in total. The van der Waals surface area contributed by atoms with E-state index in [1.165, 1.54) is 34.4 Å². The highest BCUT2D eigenvalue weighted by molar-refractivity contribution is 14.2. The van der Waals surface area contributed by atoms with Gasteiger partial charge in [-0.1, -0.05) is 51.1 Å². The summed E-state index contributed by atoms with van der Waals surface area (Å²) < 4.78 is 46.5. The summed E-state index contributed by atoms with van der Waals surface area (Å²) in [4.78, 5) is 11.9. The Morgan fingerprint density at radius 1 is 1.08 bits per heavy atom. The van der Waals surface area contributed by atoms with E-state index in [2.05, 4.69) is 76.6 Å². The average molecular weight is 895 g/mol. The van der Waals surface area contributed by atoms with Gasteiger partial charge in [0.2, 0.25) is 0 Å². The molecule has 0 aliphatic carbocycles. The molecule has 1 atom stereocenters. The zero-order valence-corrected chi connectivity index (χ0v) is 33.7. The fourth-order valence-corrected chi connectivity index (χ4v) is 8.84. The SMILES string of the molecule is C=CSCC(C)(C)CCCC(C)(c1cccc(CCC(=O)OC)c1)n1nccc1-c1cc(Oc2c(F)cc3c(ccn3SI)c2Br)ccc1F. The second-order valence-electron chi connectivity index (χ2n) is 13.1. The first kappa shape index (κ1) is 38.4. The summed E-state index contributed by atoms with van der Waals surface area (Å²) >= 11 is 7.39. The van der Waals surface area contributed by atoms with Gasteiger partial charge in [-0.15, -0.1) is 11.8 Å². The number of aryl methyl sites for hydroxylation is 1. The summed E-state index contributed by atoms with van der Waals surface area (Å²) in [5.74, 6) is -0.0146. The van der Waals surface area contributed by atoms with Crippen molar-refractivity contribution >= 4 is 74.9 Å². The van der Waals surface area contributed by atoms with Crippen molar-refractivity contribution in [1.82, 2.24) is 13.8 Å². The smallest absolute Gasteiger partial charge is 0.305 e. The van der Waals surface area contributed by atoms with Crippen LogP contribution < -0.4 is 4.74 Å². The Labute approximate surface area is 321 Å². The topological polar surface area (TPSA) is 58.3 Å². The van der Waals surface area contributed by atoms with Gasteiger partial charge in [-0.3, -0.25) is 13.4 Å². The second kappa shape index (κ2) is 16.7. The normalized spacial score (nSPS) is 13.0. The first-order chi connectivity index (χ1) is 23.9. The van der Waals surface area contributed by atoms with E-state index in [0.717, 1.165) is 41.5 Å². The third-order valence-electron chi connectivity index (χ3n) is 8.93. The molecule has 5 rings (SSSR count). The lowest BCUT2D eigenvalue weighted by Crippen LogP contribution is -2.34. The number of nitrogens with zero attached hydrogens (tertiary/aromatic N) is 3. The Bertz CT molecular complexity index is 2000. The van der Waals surface area contributed by atoms with Crippen LogP contribution in [0.15, 0.2) is 89.5 Å². The maximum Gasteiger partial charge on any atom is 0.305 e. The number of carbonyl (C=O) groups excluding carboxylic acids is 1. The third-order valence-corrected chi connectivity index (χ3v) is 12.6. The van der Waals surface area contributed by atoms with E-state index in [1.807, 2.05) is 38.5 Å². The molecule has 0 saturated heterocycles. The lowest BCUT2D eigenvalue weighted by molar-refractivity contribution is -0.140. The molecule has 6 nitrogen and oxygen atoms in total. The molecule has 2 heterocycles. The van der Waals surface area contributed by atoms with Gasteiger partial charge in [0.05, 0.1) is 28.3 Å². The van der Waals surface area contributed by atoms with Crippen LogP contribution in [0.3, 0.4) is 0 Å². The zero-order valence-electron chi connectivity index (χ0n) is 28.4. The van der Waals surface area contributed by atoms with Gasteiger partial charge in [-0.05, 0) is 94.4 Å². The minimum Gasteiger partial charge on any atom is -0.469 e. The minimum absolute atomic E-state index is 0.0191. The number of benzene rings is 3. The number of rotatable bonds is 16. The molecular formula is C38H39BrF2IN3O3S2. The number of hydrogen-bond donors (Lipinski definition) is 0. The van der Waals surface area contributed by atoms with Gasteiger partial charge in [0.15, 0.2) is 11.6 Å². The van der Waals surface area contributed by atoms with E-state index in [9.17, 15) is 4.79 Å². The highest BCUT2D eigenvalue weighted by atomic mass is 127. The van der Waals surface area contributed by atoms with Crippen LogP contribution in [0.5, 0.6) is 11.5 Å². The van der Waals surface area contributed by atoms with Crippen LogP contribution in [-0.4, -0.2) is 32.6 Å². The van der Waals surface area contributed by atoms with Crippen molar-refractivity contribution in [3.63, 3.8) is 0 Å². The fraction of sp³-hybridized carbons (Fsp3) is 0.316. The molecule has 0 bridgehead atoms. The van der Waals surface area contributed by atoms with E-state index >= 15 is 8.78 Å². The monoisotopic (exact) mass is 893 g/mol. The first-order valence-electron chi connectivity index (χ1n) is 16.1. The molecule has 12 heteroatoms. The van der Waals surface area contributed by atoms with Gasteiger partial charge in [0.25, 0.3) is 0 Å². The van der Waals surface area contributed by atoms with Gasteiger partial charge in [-0.25, -0.2) is 8.78 Å². The molecule has 2 aromatic heterocycles. The van der Waals surface area contributed by atoms with Crippen LogP contribution in [0.4, 0.5) is 8.78 Å². The summed E-state index contributed by atoms with van der Waals surface area (Å²) in [6.45, 7) is 10.5. The Morgan fingerprint density at radius 2 is 1.88 bits per heavy atom. The Morgan fingerprint density at radius 3 is 2.62 bits per heavy atom. The number of fused-ring (bicyclic) bond motifs is 1. The third kappa shape index (κ3) is 8.62. The molecule has 0 fully saturated rings. The van der Waals surface area contributed by atoms with Gasteiger partial charge in [-0.2, -0.15) is 5.10 Å². The van der Waals surface area contributed by atoms with Crippen LogP contribution >= 0.6 is 58.0 Å². The highest BCUT2D eigenvalue weighted by Crippen LogP contribution is 2.43. The van der Waals surface area contributed by atoms with Crippen molar-refractivity contribution in [2.45, 2.75) is 58.4 Å².